The van der Waals surface area contributed by atoms with Crippen LogP contribution in [0.3, 0.4) is 0 Å². The molecule has 3 aromatic heterocycles. The zero-order chi connectivity index (χ0) is 17.4. The van der Waals surface area contributed by atoms with Crippen molar-refractivity contribution in [2.45, 2.75) is 39.3 Å². The van der Waals surface area contributed by atoms with E-state index in [9.17, 15) is 0 Å². The molecule has 4 rings (SSSR count). The Morgan fingerprint density at radius 2 is 2.16 bits per heavy atom. The summed E-state index contributed by atoms with van der Waals surface area (Å²) >= 11 is 1.96. The molecule has 1 N–H and O–H groups in total. The summed E-state index contributed by atoms with van der Waals surface area (Å²) in [5, 5.41) is 4.35. The highest BCUT2D eigenvalue weighted by molar-refractivity contribution is 7.11. The molecule has 0 aliphatic carbocycles. The number of thiophene rings is 1. The molecular weight excluding hydrogens is 330 g/mol. The lowest BCUT2D eigenvalue weighted by atomic mass is 9.93. The van der Waals surface area contributed by atoms with Crippen LogP contribution < -0.4 is 0 Å². The quantitative estimate of drug-likeness (QED) is 0.761. The van der Waals surface area contributed by atoms with Gasteiger partial charge in [-0.15, -0.1) is 11.3 Å². The van der Waals surface area contributed by atoms with Crippen LogP contribution in [0.1, 0.15) is 46.5 Å². The molecular formula is C19H25N5S. The van der Waals surface area contributed by atoms with Crippen LogP contribution >= 0.6 is 11.3 Å². The van der Waals surface area contributed by atoms with E-state index in [0.29, 0.717) is 11.8 Å². The van der Waals surface area contributed by atoms with E-state index < -0.39 is 0 Å². The summed E-state index contributed by atoms with van der Waals surface area (Å²) in [5.74, 6) is 1.00. The van der Waals surface area contributed by atoms with E-state index in [4.69, 9.17) is 0 Å². The van der Waals surface area contributed by atoms with Gasteiger partial charge in [0, 0.05) is 54.1 Å². The van der Waals surface area contributed by atoms with Crippen molar-refractivity contribution >= 4 is 11.3 Å². The number of H-pyrrole nitrogens is 1. The predicted octanol–water partition coefficient (Wildman–Crippen LogP) is 3.55. The molecule has 132 valence electrons. The number of aromatic amines is 1. The Hall–Kier alpha value is -1.92. The van der Waals surface area contributed by atoms with E-state index in [1.807, 2.05) is 35.6 Å². The van der Waals surface area contributed by atoms with Crippen molar-refractivity contribution in [2.75, 3.05) is 6.54 Å². The summed E-state index contributed by atoms with van der Waals surface area (Å²) < 4.78 is 1.87. The Kier molecular flexibility index (Phi) is 4.48. The lowest BCUT2D eigenvalue weighted by Gasteiger charge is -2.31. The number of nitrogens with one attached hydrogen (secondary N) is 1. The van der Waals surface area contributed by atoms with E-state index in [0.717, 1.165) is 19.6 Å². The minimum absolute atomic E-state index is 0.291. The summed E-state index contributed by atoms with van der Waals surface area (Å²) in [4.78, 5) is 13.4. The number of rotatable bonds is 5. The van der Waals surface area contributed by atoms with Gasteiger partial charge in [-0.05, 0) is 24.5 Å². The highest BCUT2D eigenvalue weighted by atomic mass is 32.1. The maximum Gasteiger partial charge on any atom is 0.0925 e. The zero-order valence-electron chi connectivity index (χ0n) is 15.1. The summed E-state index contributed by atoms with van der Waals surface area (Å²) in [6.45, 7) is 7.48. The fraction of sp³-hybridized carbons (Fsp3) is 0.474. The van der Waals surface area contributed by atoms with Gasteiger partial charge in [0.05, 0.1) is 23.9 Å². The molecule has 5 nitrogen and oxygen atoms in total. The number of hydrogen-bond acceptors (Lipinski definition) is 4. The van der Waals surface area contributed by atoms with Gasteiger partial charge >= 0.3 is 0 Å². The molecule has 6 heteroatoms. The number of aromatic nitrogens is 4. The van der Waals surface area contributed by atoms with Crippen LogP contribution in [-0.4, -0.2) is 31.2 Å². The molecule has 25 heavy (non-hydrogen) atoms. The normalized spacial score (nSPS) is 18.0. The summed E-state index contributed by atoms with van der Waals surface area (Å²) in [6, 6.07) is 4.59. The Morgan fingerprint density at radius 1 is 1.32 bits per heavy atom. The fourth-order valence-corrected chi connectivity index (χ4v) is 4.91. The molecule has 0 saturated carbocycles. The molecule has 1 atom stereocenters. The predicted molar refractivity (Wildman–Crippen MR) is 101 cm³/mol. The van der Waals surface area contributed by atoms with Crippen LogP contribution in [0.4, 0.5) is 0 Å². The van der Waals surface area contributed by atoms with Gasteiger partial charge in [0.25, 0.3) is 0 Å². The minimum atomic E-state index is 0.291. The second-order valence-corrected chi connectivity index (χ2v) is 8.65. The second-order valence-electron chi connectivity index (χ2n) is 7.40. The monoisotopic (exact) mass is 355 g/mol. The molecule has 0 fully saturated rings. The number of nitrogens with zero attached hydrogens (tertiary/aromatic N) is 4. The van der Waals surface area contributed by atoms with Crippen molar-refractivity contribution in [2.24, 2.45) is 13.0 Å². The molecule has 3 aromatic rings. The maximum atomic E-state index is 4.59. The SMILES string of the molecule is CC(C)Cc1ccc(CN2Cc3[nH]cnc3C(c3cnn(C)c3)C2)s1. The van der Waals surface area contributed by atoms with Crippen LogP contribution in [0.15, 0.2) is 30.9 Å². The van der Waals surface area contributed by atoms with Gasteiger partial charge in [0.2, 0.25) is 0 Å². The average molecular weight is 356 g/mol. The molecule has 0 spiro atoms. The van der Waals surface area contributed by atoms with Crippen LogP contribution in [0.2, 0.25) is 0 Å². The largest absolute Gasteiger partial charge is 0.347 e. The van der Waals surface area contributed by atoms with Crippen molar-refractivity contribution in [1.82, 2.24) is 24.6 Å². The highest BCUT2D eigenvalue weighted by Gasteiger charge is 2.29. The van der Waals surface area contributed by atoms with E-state index in [-0.39, 0.29) is 0 Å². The van der Waals surface area contributed by atoms with Crippen molar-refractivity contribution in [3.8, 4) is 0 Å². The van der Waals surface area contributed by atoms with Gasteiger partial charge in [-0.2, -0.15) is 5.10 Å². The Labute approximate surface area is 152 Å². The Balaban J connectivity index is 1.53. The van der Waals surface area contributed by atoms with Crippen LogP contribution in [-0.2, 0) is 26.6 Å². The van der Waals surface area contributed by atoms with Crippen molar-refractivity contribution in [3.05, 3.63) is 57.6 Å². The fourth-order valence-electron chi connectivity index (χ4n) is 3.63. The minimum Gasteiger partial charge on any atom is -0.347 e. The zero-order valence-corrected chi connectivity index (χ0v) is 15.9. The average Bonchev–Trinajstić information content (AvgIpc) is 3.27. The highest BCUT2D eigenvalue weighted by Crippen LogP contribution is 2.32. The third kappa shape index (κ3) is 3.55. The van der Waals surface area contributed by atoms with Gasteiger partial charge in [-0.25, -0.2) is 4.98 Å². The van der Waals surface area contributed by atoms with E-state index in [1.54, 1.807) is 0 Å². The first-order chi connectivity index (χ1) is 12.1. The van der Waals surface area contributed by atoms with Crippen molar-refractivity contribution in [3.63, 3.8) is 0 Å². The van der Waals surface area contributed by atoms with Crippen LogP contribution in [0, 0.1) is 5.92 Å². The van der Waals surface area contributed by atoms with Gasteiger partial charge < -0.3 is 4.98 Å². The first-order valence-electron chi connectivity index (χ1n) is 8.89. The third-order valence-corrected chi connectivity index (χ3v) is 5.83. The molecule has 0 saturated heterocycles. The maximum absolute atomic E-state index is 4.59. The Morgan fingerprint density at radius 3 is 2.92 bits per heavy atom. The van der Waals surface area contributed by atoms with Crippen LogP contribution in [0.5, 0.6) is 0 Å². The third-order valence-electron chi connectivity index (χ3n) is 4.74. The summed E-state index contributed by atoms with van der Waals surface area (Å²) in [6.07, 6.45) is 7.08. The number of aryl methyl sites for hydroxylation is 1. The van der Waals surface area contributed by atoms with Gasteiger partial charge in [-0.1, -0.05) is 13.8 Å². The number of imidazole rings is 1. The second kappa shape index (κ2) is 6.77. The lowest BCUT2D eigenvalue weighted by molar-refractivity contribution is 0.230. The molecule has 0 bridgehead atoms. The number of fused-ring (bicyclic) bond motifs is 1. The van der Waals surface area contributed by atoms with Gasteiger partial charge in [-0.3, -0.25) is 9.58 Å². The molecule has 1 aliphatic heterocycles. The molecule has 0 amide bonds. The topological polar surface area (TPSA) is 49.7 Å². The lowest BCUT2D eigenvalue weighted by Crippen LogP contribution is -2.33. The first-order valence-corrected chi connectivity index (χ1v) is 9.70. The van der Waals surface area contributed by atoms with E-state index in [2.05, 4.69) is 52.1 Å². The Bertz CT molecular complexity index is 844. The van der Waals surface area contributed by atoms with Gasteiger partial charge in [0.1, 0.15) is 0 Å². The first kappa shape index (κ1) is 16.5. The summed E-state index contributed by atoms with van der Waals surface area (Å²) in [5.41, 5.74) is 3.65. The standard InChI is InChI=1S/C19H25N5S/c1-13(2)6-15-4-5-16(25-15)9-24-10-17(14-7-22-23(3)8-14)19-18(11-24)20-12-21-19/h4-5,7-8,12-13,17H,6,9-11H2,1-3H3,(H,20,21). The molecule has 0 radical (unpaired) electrons. The van der Waals surface area contributed by atoms with Crippen molar-refractivity contribution < 1.29 is 0 Å². The number of hydrogen-bond donors (Lipinski definition) is 1. The molecule has 4 heterocycles. The van der Waals surface area contributed by atoms with E-state index >= 15 is 0 Å². The van der Waals surface area contributed by atoms with Crippen molar-refractivity contribution in [1.29, 1.82) is 0 Å². The van der Waals surface area contributed by atoms with E-state index in [1.165, 1.54) is 33.1 Å². The molecule has 1 aliphatic rings. The smallest absolute Gasteiger partial charge is 0.0925 e. The van der Waals surface area contributed by atoms with Crippen LogP contribution in [0.25, 0.3) is 0 Å². The molecule has 0 aromatic carbocycles. The molecule has 1 unspecified atom stereocenters. The van der Waals surface area contributed by atoms with Gasteiger partial charge in [0.15, 0.2) is 0 Å². The summed E-state index contributed by atoms with van der Waals surface area (Å²) in [7, 11) is 1.97.